The van der Waals surface area contributed by atoms with Crippen molar-refractivity contribution in [3.63, 3.8) is 0 Å². The van der Waals surface area contributed by atoms with Crippen molar-refractivity contribution in [3.8, 4) is 5.75 Å². The highest BCUT2D eigenvalue weighted by Gasteiger charge is 2.40. The van der Waals surface area contributed by atoms with Gasteiger partial charge >= 0.3 is 0 Å². The van der Waals surface area contributed by atoms with Crippen LogP contribution in [0.5, 0.6) is 5.75 Å². The van der Waals surface area contributed by atoms with Gasteiger partial charge in [0.05, 0.1) is 7.11 Å². The van der Waals surface area contributed by atoms with Gasteiger partial charge in [0.2, 0.25) is 0 Å². The van der Waals surface area contributed by atoms with Crippen LogP contribution in [0.4, 0.5) is 5.82 Å². The molecule has 0 bridgehead atoms. The molecule has 1 saturated heterocycles. The minimum Gasteiger partial charge on any atom is -0.493 e. The highest BCUT2D eigenvalue weighted by molar-refractivity contribution is 5.50. The van der Waals surface area contributed by atoms with E-state index in [1.807, 2.05) is 18.3 Å². The standard InChI is InChI=1S/C14H21N3O/c1-18-12-4-2-8-15-13(12)17-11-5-9-16-14(10-11)6-3-7-14/h2,4,8,11,16H,3,5-7,9-10H2,1H3,(H,15,17). The van der Waals surface area contributed by atoms with Crippen LogP contribution in [0.15, 0.2) is 18.3 Å². The summed E-state index contributed by atoms with van der Waals surface area (Å²) < 4.78 is 5.34. The Morgan fingerprint density at radius 3 is 3.11 bits per heavy atom. The summed E-state index contributed by atoms with van der Waals surface area (Å²) in [5.41, 5.74) is 0.415. The third-order valence-corrected chi connectivity index (χ3v) is 4.27. The topological polar surface area (TPSA) is 46.2 Å². The molecule has 1 aliphatic heterocycles. The summed E-state index contributed by atoms with van der Waals surface area (Å²) in [6, 6.07) is 4.37. The number of anilines is 1. The van der Waals surface area contributed by atoms with Gasteiger partial charge in [0.25, 0.3) is 0 Å². The zero-order valence-electron chi connectivity index (χ0n) is 10.9. The number of ether oxygens (including phenoxy) is 1. The lowest BCUT2D eigenvalue weighted by Crippen LogP contribution is -2.58. The summed E-state index contributed by atoms with van der Waals surface area (Å²) >= 11 is 0. The number of piperidine rings is 1. The maximum atomic E-state index is 5.34. The van der Waals surface area contributed by atoms with Crippen molar-refractivity contribution in [2.24, 2.45) is 0 Å². The normalized spacial score (nSPS) is 25.5. The Balaban J connectivity index is 1.68. The highest BCUT2D eigenvalue weighted by atomic mass is 16.5. The van der Waals surface area contributed by atoms with E-state index in [9.17, 15) is 0 Å². The Hall–Kier alpha value is -1.29. The number of nitrogens with one attached hydrogen (secondary N) is 2. The van der Waals surface area contributed by atoms with Crippen molar-refractivity contribution in [3.05, 3.63) is 18.3 Å². The van der Waals surface area contributed by atoms with Gasteiger partial charge in [-0.05, 0) is 50.8 Å². The zero-order valence-corrected chi connectivity index (χ0v) is 10.9. The van der Waals surface area contributed by atoms with Crippen LogP contribution in [0, 0.1) is 0 Å². The van der Waals surface area contributed by atoms with Crippen molar-refractivity contribution in [2.45, 2.75) is 43.7 Å². The lowest BCUT2D eigenvalue weighted by atomic mass is 9.70. The van der Waals surface area contributed by atoms with Crippen molar-refractivity contribution >= 4 is 5.82 Å². The van der Waals surface area contributed by atoms with E-state index in [2.05, 4.69) is 15.6 Å². The van der Waals surface area contributed by atoms with Gasteiger partial charge in [-0.25, -0.2) is 4.98 Å². The first kappa shape index (κ1) is 11.8. The van der Waals surface area contributed by atoms with Crippen LogP contribution in [0.1, 0.15) is 32.1 Å². The summed E-state index contributed by atoms with van der Waals surface area (Å²) in [6.07, 6.45) is 8.18. The predicted octanol–water partition coefficient (Wildman–Crippen LogP) is 2.18. The van der Waals surface area contributed by atoms with E-state index in [1.54, 1.807) is 7.11 Å². The molecule has 1 aliphatic carbocycles. The Morgan fingerprint density at radius 2 is 2.39 bits per heavy atom. The van der Waals surface area contributed by atoms with Gasteiger partial charge in [-0.3, -0.25) is 0 Å². The van der Waals surface area contributed by atoms with Gasteiger partial charge in [-0.2, -0.15) is 0 Å². The van der Waals surface area contributed by atoms with Gasteiger partial charge in [0.1, 0.15) is 0 Å². The van der Waals surface area contributed by atoms with E-state index in [0.29, 0.717) is 11.6 Å². The second-order valence-electron chi connectivity index (χ2n) is 5.45. The number of rotatable bonds is 3. The fraction of sp³-hybridized carbons (Fsp3) is 0.643. The monoisotopic (exact) mass is 247 g/mol. The number of pyridine rings is 1. The second kappa shape index (κ2) is 4.76. The van der Waals surface area contributed by atoms with Crippen molar-refractivity contribution in [2.75, 3.05) is 19.0 Å². The Kier molecular flexibility index (Phi) is 3.12. The van der Waals surface area contributed by atoms with Crippen LogP contribution >= 0.6 is 0 Å². The molecule has 1 aromatic heterocycles. The molecule has 2 aliphatic rings. The maximum absolute atomic E-state index is 5.34. The van der Waals surface area contributed by atoms with Gasteiger partial charge in [0, 0.05) is 17.8 Å². The molecule has 1 atom stereocenters. The lowest BCUT2D eigenvalue weighted by molar-refractivity contribution is 0.135. The van der Waals surface area contributed by atoms with Gasteiger partial charge in [0.15, 0.2) is 11.6 Å². The molecule has 4 nitrogen and oxygen atoms in total. The SMILES string of the molecule is COc1cccnc1NC1CCNC2(CCC2)C1. The average Bonchev–Trinajstić information content (AvgIpc) is 2.38. The van der Waals surface area contributed by atoms with Crippen LogP contribution in [-0.4, -0.2) is 30.2 Å². The molecule has 1 saturated carbocycles. The minimum absolute atomic E-state index is 0.415. The third kappa shape index (κ3) is 2.17. The number of methoxy groups -OCH3 is 1. The molecule has 1 spiro atoms. The zero-order chi connectivity index (χ0) is 12.4. The van der Waals surface area contributed by atoms with Crippen molar-refractivity contribution in [1.82, 2.24) is 10.3 Å². The molecule has 4 heteroatoms. The molecule has 98 valence electrons. The number of hydrogen-bond donors (Lipinski definition) is 2. The summed E-state index contributed by atoms with van der Waals surface area (Å²) in [6.45, 7) is 1.10. The van der Waals surface area contributed by atoms with Crippen molar-refractivity contribution < 1.29 is 4.74 Å². The number of nitrogens with zero attached hydrogens (tertiary/aromatic N) is 1. The molecule has 0 amide bonds. The molecule has 3 rings (SSSR count). The Morgan fingerprint density at radius 1 is 1.50 bits per heavy atom. The molecule has 2 heterocycles. The Labute approximate surface area is 108 Å². The molecule has 1 unspecified atom stereocenters. The number of aromatic nitrogens is 1. The first-order valence-corrected chi connectivity index (χ1v) is 6.82. The summed E-state index contributed by atoms with van der Waals surface area (Å²) in [4.78, 5) is 4.38. The molecular formula is C14H21N3O. The van der Waals surface area contributed by atoms with Crippen LogP contribution in [0.2, 0.25) is 0 Å². The summed E-state index contributed by atoms with van der Waals surface area (Å²) in [7, 11) is 1.69. The van der Waals surface area contributed by atoms with Crippen LogP contribution in [0.3, 0.4) is 0 Å². The molecule has 0 radical (unpaired) electrons. The minimum atomic E-state index is 0.415. The molecular weight excluding hydrogens is 226 g/mol. The molecule has 18 heavy (non-hydrogen) atoms. The van der Waals surface area contributed by atoms with E-state index in [4.69, 9.17) is 4.74 Å². The van der Waals surface area contributed by atoms with E-state index in [0.717, 1.165) is 24.5 Å². The Bertz CT molecular complexity index is 417. The van der Waals surface area contributed by atoms with Crippen molar-refractivity contribution in [1.29, 1.82) is 0 Å². The molecule has 0 aromatic carbocycles. The predicted molar refractivity (Wildman–Crippen MR) is 72.0 cm³/mol. The smallest absolute Gasteiger partial charge is 0.168 e. The first-order valence-electron chi connectivity index (χ1n) is 6.82. The molecule has 2 N–H and O–H groups in total. The van der Waals surface area contributed by atoms with E-state index in [1.165, 1.54) is 25.7 Å². The van der Waals surface area contributed by atoms with E-state index >= 15 is 0 Å². The van der Waals surface area contributed by atoms with E-state index < -0.39 is 0 Å². The summed E-state index contributed by atoms with van der Waals surface area (Å²) in [5.74, 6) is 1.71. The van der Waals surface area contributed by atoms with Crippen LogP contribution < -0.4 is 15.4 Å². The van der Waals surface area contributed by atoms with Gasteiger partial charge in [-0.1, -0.05) is 0 Å². The largest absolute Gasteiger partial charge is 0.493 e. The highest BCUT2D eigenvalue weighted by Crippen LogP contribution is 2.39. The fourth-order valence-corrected chi connectivity index (χ4v) is 3.12. The quantitative estimate of drug-likeness (QED) is 0.859. The fourth-order valence-electron chi connectivity index (χ4n) is 3.12. The molecule has 1 aromatic rings. The number of hydrogen-bond acceptors (Lipinski definition) is 4. The average molecular weight is 247 g/mol. The van der Waals surface area contributed by atoms with Crippen LogP contribution in [0.25, 0.3) is 0 Å². The summed E-state index contributed by atoms with van der Waals surface area (Å²) in [5, 5.41) is 7.23. The maximum Gasteiger partial charge on any atom is 0.168 e. The first-order chi connectivity index (χ1) is 8.81. The lowest BCUT2D eigenvalue weighted by Gasteiger charge is -2.48. The second-order valence-corrected chi connectivity index (χ2v) is 5.45. The van der Waals surface area contributed by atoms with Gasteiger partial charge < -0.3 is 15.4 Å². The van der Waals surface area contributed by atoms with Gasteiger partial charge in [-0.15, -0.1) is 0 Å². The third-order valence-electron chi connectivity index (χ3n) is 4.27. The van der Waals surface area contributed by atoms with E-state index in [-0.39, 0.29) is 0 Å². The molecule has 2 fully saturated rings. The van der Waals surface area contributed by atoms with Crippen LogP contribution in [-0.2, 0) is 0 Å².